The van der Waals surface area contributed by atoms with Crippen LogP contribution in [0.2, 0.25) is 0 Å². The minimum atomic E-state index is -3.83. The molecule has 1 atom stereocenters. The van der Waals surface area contributed by atoms with E-state index >= 15 is 0 Å². The Morgan fingerprint density at radius 3 is 2.09 bits per heavy atom. The number of nitrogens with zero attached hydrogens (tertiary/aromatic N) is 2. The van der Waals surface area contributed by atoms with Gasteiger partial charge in [0.1, 0.15) is 24.2 Å². The highest BCUT2D eigenvalue weighted by Crippen LogP contribution is 2.23. The Kier molecular flexibility index (Phi) is 9.25. The van der Waals surface area contributed by atoms with Crippen LogP contribution in [0.3, 0.4) is 0 Å². The highest BCUT2D eigenvalue weighted by molar-refractivity contribution is 7.92. The molecule has 1 N–H and O–H groups in total. The van der Waals surface area contributed by atoms with Crippen molar-refractivity contribution < 1.29 is 27.1 Å². The molecule has 2 amide bonds. The van der Waals surface area contributed by atoms with E-state index in [1.54, 1.807) is 31.2 Å². The first-order chi connectivity index (χ1) is 16.2. The van der Waals surface area contributed by atoms with E-state index in [1.165, 1.54) is 36.3 Å². The molecule has 2 rings (SSSR count). The minimum Gasteiger partial charge on any atom is -0.497 e. The van der Waals surface area contributed by atoms with Crippen molar-refractivity contribution in [1.29, 1.82) is 0 Å². The molecule has 35 heavy (non-hydrogen) atoms. The predicted molar refractivity (Wildman–Crippen MR) is 134 cm³/mol. The van der Waals surface area contributed by atoms with E-state index in [9.17, 15) is 22.4 Å². The summed E-state index contributed by atoms with van der Waals surface area (Å²) in [5.41, 5.74) is 0.365. The molecule has 0 heterocycles. The van der Waals surface area contributed by atoms with Gasteiger partial charge in [0.2, 0.25) is 21.8 Å². The number of rotatable bonds is 10. The number of hydrogen-bond acceptors (Lipinski definition) is 5. The molecule has 0 aliphatic rings. The van der Waals surface area contributed by atoms with Gasteiger partial charge in [0.05, 0.1) is 19.1 Å². The molecule has 0 saturated carbocycles. The van der Waals surface area contributed by atoms with Crippen LogP contribution in [-0.2, 0) is 26.2 Å². The number of anilines is 1. The van der Waals surface area contributed by atoms with E-state index in [1.807, 2.05) is 20.8 Å². The van der Waals surface area contributed by atoms with Gasteiger partial charge in [-0.2, -0.15) is 0 Å². The molecule has 192 valence electrons. The Morgan fingerprint density at radius 1 is 1.06 bits per heavy atom. The van der Waals surface area contributed by atoms with Crippen LogP contribution in [0.25, 0.3) is 0 Å². The molecule has 0 aromatic heterocycles. The van der Waals surface area contributed by atoms with Gasteiger partial charge in [-0.05, 0) is 69.2 Å². The lowest BCUT2D eigenvalue weighted by atomic mass is 10.1. The van der Waals surface area contributed by atoms with Crippen molar-refractivity contribution in [3.63, 3.8) is 0 Å². The zero-order chi connectivity index (χ0) is 26.4. The first kappa shape index (κ1) is 28.1. The van der Waals surface area contributed by atoms with Crippen LogP contribution in [0.5, 0.6) is 5.75 Å². The molecule has 0 bridgehead atoms. The fourth-order valence-electron chi connectivity index (χ4n) is 3.52. The maximum Gasteiger partial charge on any atom is 0.244 e. The lowest BCUT2D eigenvalue weighted by Crippen LogP contribution is -2.55. The Morgan fingerprint density at radius 2 is 1.63 bits per heavy atom. The Hall–Kier alpha value is -3.14. The standard InChI is InChI=1S/C25H34FN3O5S/c1-7-22(24(31)27-25(2,3)4)28(16-18-8-10-19(26)11-9-18)23(30)17-29(35(6,32)33)20-12-14-21(34-5)15-13-20/h8-15,22H,7,16-17H2,1-6H3,(H,27,31)/t22-/m0/s1. The summed E-state index contributed by atoms with van der Waals surface area (Å²) in [6, 6.07) is 11.0. The van der Waals surface area contributed by atoms with E-state index in [0.717, 1.165) is 10.6 Å². The molecule has 2 aromatic rings. The zero-order valence-corrected chi connectivity index (χ0v) is 21.9. The van der Waals surface area contributed by atoms with E-state index in [-0.39, 0.29) is 18.1 Å². The summed E-state index contributed by atoms with van der Waals surface area (Å²) in [4.78, 5) is 28.0. The van der Waals surface area contributed by atoms with Gasteiger partial charge in [0.15, 0.2) is 0 Å². The molecular weight excluding hydrogens is 473 g/mol. The molecule has 10 heteroatoms. The molecule has 0 aliphatic carbocycles. The van der Waals surface area contributed by atoms with Crippen molar-refractivity contribution >= 4 is 27.5 Å². The first-order valence-electron chi connectivity index (χ1n) is 11.2. The summed E-state index contributed by atoms with van der Waals surface area (Å²) in [5, 5.41) is 2.89. The Balaban J connectivity index is 2.44. The minimum absolute atomic E-state index is 0.00932. The largest absolute Gasteiger partial charge is 0.497 e. The summed E-state index contributed by atoms with van der Waals surface area (Å²) in [6.07, 6.45) is 1.31. The molecule has 0 spiro atoms. The second-order valence-corrected chi connectivity index (χ2v) is 11.2. The van der Waals surface area contributed by atoms with E-state index in [4.69, 9.17) is 4.74 Å². The van der Waals surface area contributed by atoms with Crippen LogP contribution in [0.4, 0.5) is 10.1 Å². The lowest BCUT2D eigenvalue weighted by molar-refractivity contribution is -0.141. The third-order valence-corrected chi connectivity index (χ3v) is 6.33. The lowest BCUT2D eigenvalue weighted by Gasteiger charge is -2.34. The molecular formula is C25H34FN3O5S. The van der Waals surface area contributed by atoms with Gasteiger partial charge in [0, 0.05) is 12.1 Å². The van der Waals surface area contributed by atoms with Crippen molar-refractivity contribution in [2.45, 2.75) is 52.2 Å². The molecule has 0 aliphatic heterocycles. The fraction of sp³-hybridized carbons (Fsp3) is 0.440. The quantitative estimate of drug-likeness (QED) is 0.532. The number of nitrogens with one attached hydrogen (secondary N) is 1. The average Bonchev–Trinajstić information content (AvgIpc) is 2.76. The van der Waals surface area contributed by atoms with Gasteiger partial charge in [-0.1, -0.05) is 19.1 Å². The number of methoxy groups -OCH3 is 1. The van der Waals surface area contributed by atoms with Crippen LogP contribution in [0.15, 0.2) is 48.5 Å². The van der Waals surface area contributed by atoms with Gasteiger partial charge in [-0.25, -0.2) is 12.8 Å². The normalized spacial score (nSPS) is 12.5. The van der Waals surface area contributed by atoms with E-state index < -0.39 is 39.9 Å². The SMILES string of the molecule is CC[C@@H](C(=O)NC(C)(C)C)N(Cc1ccc(F)cc1)C(=O)CN(c1ccc(OC)cc1)S(C)(=O)=O. The van der Waals surface area contributed by atoms with E-state index in [2.05, 4.69) is 5.32 Å². The topological polar surface area (TPSA) is 96.0 Å². The first-order valence-corrected chi connectivity index (χ1v) is 13.1. The van der Waals surface area contributed by atoms with Gasteiger partial charge >= 0.3 is 0 Å². The molecule has 0 radical (unpaired) electrons. The van der Waals surface area contributed by atoms with Crippen LogP contribution >= 0.6 is 0 Å². The summed E-state index contributed by atoms with van der Waals surface area (Å²) >= 11 is 0. The summed E-state index contributed by atoms with van der Waals surface area (Å²) in [5.74, 6) is -0.805. The molecule has 2 aromatic carbocycles. The third kappa shape index (κ3) is 8.24. The number of carbonyl (C=O) groups excluding carboxylic acids is 2. The highest BCUT2D eigenvalue weighted by Gasteiger charge is 2.33. The van der Waals surface area contributed by atoms with Crippen LogP contribution in [0, 0.1) is 5.82 Å². The monoisotopic (exact) mass is 507 g/mol. The maximum atomic E-state index is 13.6. The van der Waals surface area contributed by atoms with Crippen molar-refractivity contribution in [2.24, 2.45) is 0 Å². The summed E-state index contributed by atoms with van der Waals surface area (Å²) in [7, 11) is -2.34. The second kappa shape index (κ2) is 11.5. The van der Waals surface area contributed by atoms with Crippen molar-refractivity contribution in [3.05, 3.63) is 59.9 Å². The van der Waals surface area contributed by atoms with Crippen molar-refractivity contribution in [2.75, 3.05) is 24.2 Å². The van der Waals surface area contributed by atoms with Crippen LogP contribution in [-0.4, -0.2) is 56.6 Å². The number of ether oxygens (including phenoxy) is 1. The summed E-state index contributed by atoms with van der Waals surface area (Å²) < 4.78 is 44.8. The Bertz CT molecular complexity index is 1110. The van der Waals surface area contributed by atoms with E-state index in [0.29, 0.717) is 17.7 Å². The third-order valence-electron chi connectivity index (χ3n) is 5.19. The molecule has 0 unspecified atom stereocenters. The maximum absolute atomic E-state index is 13.6. The highest BCUT2D eigenvalue weighted by atomic mass is 32.2. The zero-order valence-electron chi connectivity index (χ0n) is 21.0. The Labute approximate surface area is 207 Å². The fourth-order valence-corrected chi connectivity index (χ4v) is 4.37. The summed E-state index contributed by atoms with van der Waals surface area (Å²) in [6.45, 7) is 6.77. The van der Waals surface area contributed by atoms with Crippen molar-refractivity contribution in [3.8, 4) is 5.75 Å². The second-order valence-electron chi connectivity index (χ2n) is 9.28. The number of carbonyl (C=O) groups is 2. The van der Waals surface area contributed by atoms with Gasteiger partial charge < -0.3 is 15.0 Å². The molecule has 0 saturated heterocycles. The number of benzene rings is 2. The average molecular weight is 508 g/mol. The number of amides is 2. The number of hydrogen-bond donors (Lipinski definition) is 1. The van der Waals surface area contributed by atoms with Gasteiger partial charge in [-0.3, -0.25) is 13.9 Å². The smallest absolute Gasteiger partial charge is 0.244 e. The van der Waals surface area contributed by atoms with Gasteiger partial charge in [0.25, 0.3) is 0 Å². The molecule has 0 fully saturated rings. The number of sulfonamides is 1. The predicted octanol–water partition coefficient (Wildman–Crippen LogP) is 3.32. The van der Waals surface area contributed by atoms with Crippen molar-refractivity contribution in [1.82, 2.24) is 10.2 Å². The molecule has 8 nitrogen and oxygen atoms in total. The van der Waals surface area contributed by atoms with Crippen LogP contribution in [0.1, 0.15) is 39.7 Å². The number of halogens is 1. The van der Waals surface area contributed by atoms with Crippen LogP contribution < -0.4 is 14.4 Å². The van der Waals surface area contributed by atoms with Gasteiger partial charge in [-0.15, -0.1) is 0 Å².